The molecule has 2 amide bonds. The minimum atomic E-state index is -0.0712. The molecule has 1 aromatic rings. The molecule has 5 nitrogen and oxygen atoms in total. The third-order valence-corrected chi connectivity index (χ3v) is 4.37. The largest absolute Gasteiger partial charge is 0.349 e. The number of nitrogens with one attached hydrogen (secondary N) is 2. The summed E-state index contributed by atoms with van der Waals surface area (Å²) in [6.07, 6.45) is 5.06. The molecule has 1 fully saturated rings. The lowest BCUT2D eigenvalue weighted by molar-refractivity contribution is -0.116. The van der Waals surface area contributed by atoms with Crippen molar-refractivity contribution in [3.05, 3.63) is 29.3 Å². The molecule has 5 heteroatoms. The normalized spacial score (nSPS) is 24.9. The van der Waals surface area contributed by atoms with Gasteiger partial charge in [0.05, 0.1) is 0 Å². The Hall–Kier alpha value is -1.88. The van der Waals surface area contributed by atoms with Crippen molar-refractivity contribution in [1.82, 2.24) is 5.32 Å². The lowest BCUT2D eigenvalue weighted by atomic mass is 9.91. The van der Waals surface area contributed by atoms with Gasteiger partial charge in [0.2, 0.25) is 5.91 Å². The molecular formula is C16H21N3O2. The van der Waals surface area contributed by atoms with Crippen LogP contribution < -0.4 is 16.4 Å². The number of rotatable bonds is 2. The smallest absolute Gasteiger partial charge is 0.251 e. The van der Waals surface area contributed by atoms with Gasteiger partial charge in [-0.15, -0.1) is 0 Å². The van der Waals surface area contributed by atoms with E-state index in [9.17, 15) is 9.59 Å². The monoisotopic (exact) mass is 287 g/mol. The minimum Gasteiger partial charge on any atom is -0.349 e. The van der Waals surface area contributed by atoms with Crippen molar-refractivity contribution in [2.75, 3.05) is 5.32 Å². The van der Waals surface area contributed by atoms with Crippen molar-refractivity contribution in [3.8, 4) is 0 Å². The Morgan fingerprint density at radius 1 is 1.19 bits per heavy atom. The summed E-state index contributed by atoms with van der Waals surface area (Å²) in [5.41, 5.74) is 8.34. The molecule has 0 atom stereocenters. The highest BCUT2D eigenvalue weighted by Gasteiger charge is 2.21. The molecule has 1 aliphatic carbocycles. The topological polar surface area (TPSA) is 84.2 Å². The van der Waals surface area contributed by atoms with Crippen molar-refractivity contribution in [1.29, 1.82) is 0 Å². The molecule has 2 aliphatic rings. The van der Waals surface area contributed by atoms with Crippen molar-refractivity contribution in [3.63, 3.8) is 0 Å². The second-order valence-electron chi connectivity index (χ2n) is 6.01. The molecule has 1 heterocycles. The summed E-state index contributed by atoms with van der Waals surface area (Å²) in [6.45, 7) is 0. The van der Waals surface area contributed by atoms with Crippen molar-refractivity contribution in [2.45, 2.75) is 50.6 Å². The van der Waals surface area contributed by atoms with Crippen molar-refractivity contribution >= 4 is 17.5 Å². The summed E-state index contributed by atoms with van der Waals surface area (Å²) in [6, 6.07) is 6.02. The van der Waals surface area contributed by atoms with Gasteiger partial charge in [0, 0.05) is 29.8 Å². The van der Waals surface area contributed by atoms with Crippen LogP contribution in [0.2, 0.25) is 0 Å². The Morgan fingerprint density at radius 2 is 1.95 bits per heavy atom. The van der Waals surface area contributed by atoms with Crippen molar-refractivity contribution in [2.24, 2.45) is 5.73 Å². The molecule has 0 spiro atoms. The Morgan fingerprint density at radius 3 is 2.71 bits per heavy atom. The highest BCUT2D eigenvalue weighted by atomic mass is 16.2. The number of carbonyl (C=O) groups excluding carboxylic acids is 2. The number of amides is 2. The highest BCUT2D eigenvalue weighted by Crippen LogP contribution is 2.24. The predicted octanol–water partition coefficient (Wildman–Crippen LogP) is 1.57. The van der Waals surface area contributed by atoms with E-state index in [0.29, 0.717) is 12.0 Å². The number of nitrogens with two attached hydrogens (primary N) is 1. The van der Waals surface area contributed by atoms with E-state index in [-0.39, 0.29) is 23.9 Å². The van der Waals surface area contributed by atoms with E-state index in [4.69, 9.17) is 5.73 Å². The zero-order valence-corrected chi connectivity index (χ0v) is 12.0. The van der Waals surface area contributed by atoms with Crippen LogP contribution in [-0.4, -0.2) is 23.9 Å². The third-order valence-electron chi connectivity index (χ3n) is 4.37. The van der Waals surface area contributed by atoms with Gasteiger partial charge < -0.3 is 16.4 Å². The first-order valence-electron chi connectivity index (χ1n) is 7.61. The maximum absolute atomic E-state index is 12.3. The molecule has 1 saturated carbocycles. The summed E-state index contributed by atoms with van der Waals surface area (Å²) in [7, 11) is 0. The standard InChI is InChI=1S/C16H21N3O2/c17-12-4-6-13(7-5-12)18-16(21)11-2-1-10-3-8-15(20)19-14(10)9-11/h1-2,9,12-13H,3-8,17H2,(H,18,21)(H,19,20)/t12-,13-. The van der Waals surface area contributed by atoms with E-state index in [0.717, 1.165) is 43.4 Å². The maximum Gasteiger partial charge on any atom is 0.251 e. The van der Waals surface area contributed by atoms with E-state index >= 15 is 0 Å². The van der Waals surface area contributed by atoms with Crippen LogP contribution in [-0.2, 0) is 11.2 Å². The number of hydrogen-bond donors (Lipinski definition) is 3. The van der Waals surface area contributed by atoms with Crippen LogP contribution in [0.1, 0.15) is 48.0 Å². The fourth-order valence-corrected chi connectivity index (χ4v) is 3.05. The Balaban J connectivity index is 1.67. The summed E-state index contributed by atoms with van der Waals surface area (Å²) in [4.78, 5) is 23.7. The quantitative estimate of drug-likeness (QED) is 0.772. The second-order valence-corrected chi connectivity index (χ2v) is 6.01. The van der Waals surface area contributed by atoms with Gasteiger partial charge in [-0.1, -0.05) is 6.07 Å². The maximum atomic E-state index is 12.3. The zero-order valence-electron chi connectivity index (χ0n) is 12.0. The summed E-state index contributed by atoms with van der Waals surface area (Å²) in [5.74, 6) is -0.0561. The van der Waals surface area contributed by atoms with Gasteiger partial charge >= 0.3 is 0 Å². The fraction of sp³-hybridized carbons (Fsp3) is 0.500. The summed E-state index contributed by atoms with van der Waals surface area (Å²) in [5, 5.41) is 5.90. The number of anilines is 1. The SMILES string of the molecule is N[C@H]1CC[C@H](NC(=O)c2ccc3c(c2)NC(=O)CC3)CC1. The molecule has 112 valence electrons. The zero-order chi connectivity index (χ0) is 14.8. The highest BCUT2D eigenvalue weighted by molar-refractivity contribution is 5.99. The Labute approximate surface area is 124 Å². The van der Waals surface area contributed by atoms with Crippen LogP contribution >= 0.6 is 0 Å². The van der Waals surface area contributed by atoms with Gasteiger partial charge in [-0.2, -0.15) is 0 Å². The molecule has 4 N–H and O–H groups in total. The molecule has 0 radical (unpaired) electrons. The van der Waals surface area contributed by atoms with Gasteiger partial charge in [0.1, 0.15) is 0 Å². The van der Waals surface area contributed by atoms with Crippen LogP contribution in [0.5, 0.6) is 0 Å². The molecule has 1 aliphatic heterocycles. The third kappa shape index (κ3) is 3.24. The molecule has 3 rings (SSSR count). The van der Waals surface area contributed by atoms with E-state index in [1.807, 2.05) is 12.1 Å². The average Bonchev–Trinajstić information content (AvgIpc) is 2.48. The van der Waals surface area contributed by atoms with Crippen LogP contribution in [0.15, 0.2) is 18.2 Å². The number of hydrogen-bond acceptors (Lipinski definition) is 3. The van der Waals surface area contributed by atoms with Crippen LogP contribution in [0, 0.1) is 0 Å². The van der Waals surface area contributed by atoms with Gasteiger partial charge in [0.25, 0.3) is 5.91 Å². The summed E-state index contributed by atoms with van der Waals surface area (Å²) < 4.78 is 0. The number of fused-ring (bicyclic) bond motifs is 1. The molecule has 1 aromatic carbocycles. The first-order chi connectivity index (χ1) is 10.1. The number of benzene rings is 1. The van der Waals surface area contributed by atoms with Crippen LogP contribution in [0.3, 0.4) is 0 Å². The van der Waals surface area contributed by atoms with E-state index < -0.39 is 0 Å². The Kier molecular flexibility index (Phi) is 3.92. The van der Waals surface area contributed by atoms with E-state index in [2.05, 4.69) is 10.6 Å². The predicted molar refractivity (Wildman–Crippen MR) is 81.1 cm³/mol. The number of aryl methyl sites for hydroxylation is 1. The molecule has 21 heavy (non-hydrogen) atoms. The summed E-state index contributed by atoms with van der Waals surface area (Å²) >= 11 is 0. The van der Waals surface area contributed by atoms with Gasteiger partial charge in [-0.25, -0.2) is 0 Å². The van der Waals surface area contributed by atoms with E-state index in [1.165, 1.54) is 0 Å². The lowest BCUT2D eigenvalue weighted by Gasteiger charge is -2.27. The minimum absolute atomic E-state index is 0.0151. The first kappa shape index (κ1) is 14.1. The van der Waals surface area contributed by atoms with Gasteiger partial charge in [0.15, 0.2) is 0 Å². The molecule has 0 bridgehead atoms. The van der Waals surface area contributed by atoms with Crippen LogP contribution in [0.4, 0.5) is 5.69 Å². The van der Waals surface area contributed by atoms with Gasteiger partial charge in [-0.05, 0) is 49.8 Å². The molecule has 0 unspecified atom stereocenters. The van der Waals surface area contributed by atoms with E-state index in [1.54, 1.807) is 6.07 Å². The lowest BCUT2D eigenvalue weighted by Crippen LogP contribution is -2.40. The van der Waals surface area contributed by atoms with Crippen molar-refractivity contribution < 1.29 is 9.59 Å². The molecule has 0 aromatic heterocycles. The molecular weight excluding hydrogens is 266 g/mol. The fourth-order valence-electron chi connectivity index (χ4n) is 3.05. The molecule has 0 saturated heterocycles. The second kappa shape index (κ2) is 5.85. The van der Waals surface area contributed by atoms with Crippen LogP contribution in [0.25, 0.3) is 0 Å². The first-order valence-corrected chi connectivity index (χ1v) is 7.61. The number of carbonyl (C=O) groups is 2. The Bertz CT molecular complexity index is 563. The van der Waals surface area contributed by atoms with Gasteiger partial charge in [-0.3, -0.25) is 9.59 Å². The average molecular weight is 287 g/mol.